The van der Waals surface area contributed by atoms with Crippen LogP contribution in [0.1, 0.15) is 30.3 Å². The Morgan fingerprint density at radius 2 is 1.86 bits per heavy atom. The topological polar surface area (TPSA) is 80.8 Å². The van der Waals surface area contributed by atoms with Crippen LogP contribution in [0.3, 0.4) is 0 Å². The van der Waals surface area contributed by atoms with Crippen LogP contribution in [0.15, 0.2) is 30.5 Å². The fourth-order valence-electron chi connectivity index (χ4n) is 2.93. The molecule has 0 radical (unpaired) electrons. The molecule has 0 fully saturated rings. The molecule has 2 atom stereocenters. The predicted octanol–water partition coefficient (Wildman–Crippen LogP) is 2.25. The summed E-state index contributed by atoms with van der Waals surface area (Å²) in [5.74, 6) is 1.67. The van der Waals surface area contributed by atoms with Crippen molar-refractivity contribution in [2.24, 2.45) is 0 Å². The first-order valence-corrected chi connectivity index (χ1v) is 7.00. The van der Waals surface area contributed by atoms with Crippen molar-refractivity contribution in [1.82, 2.24) is 4.98 Å². The number of nitrogens with two attached hydrogens (primary N) is 1. The van der Waals surface area contributed by atoms with Crippen molar-refractivity contribution in [3.63, 3.8) is 0 Å². The first-order valence-electron chi connectivity index (χ1n) is 7.00. The van der Waals surface area contributed by atoms with Gasteiger partial charge in [0.15, 0.2) is 17.7 Å². The van der Waals surface area contributed by atoms with E-state index < -0.39 is 6.23 Å². The average molecular weight is 301 g/mol. The van der Waals surface area contributed by atoms with Crippen LogP contribution < -0.4 is 20.1 Å². The van der Waals surface area contributed by atoms with E-state index in [0.29, 0.717) is 17.3 Å². The van der Waals surface area contributed by atoms with E-state index in [1.54, 1.807) is 26.5 Å². The highest BCUT2D eigenvalue weighted by molar-refractivity contribution is 5.61. The van der Waals surface area contributed by atoms with E-state index in [2.05, 4.69) is 4.98 Å². The number of rotatable bonds is 3. The van der Waals surface area contributed by atoms with E-state index >= 15 is 0 Å². The highest BCUT2D eigenvalue weighted by Crippen LogP contribution is 2.45. The predicted molar refractivity (Wildman–Crippen MR) is 84.0 cm³/mol. The van der Waals surface area contributed by atoms with Crippen molar-refractivity contribution in [1.29, 1.82) is 0 Å². The van der Waals surface area contributed by atoms with Crippen LogP contribution in [-0.2, 0) is 0 Å². The maximum absolute atomic E-state index is 10.7. The Kier molecular flexibility index (Phi) is 3.54. The van der Waals surface area contributed by atoms with E-state index in [4.69, 9.17) is 15.2 Å². The molecule has 0 saturated heterocycles. The Morgan fingerprint density at radius 3 is 2.55 bits per heavy atom. The smallest absolute Gasteiger partial charge is 0.162 e. The lowest BCUT2D eigenvalue weighted by Crippen LogP contribution is -2.24. The molecule has 6 heteroatoms. The van der Waals surface area contributed by atoms with Gasteiger partial charge in [-0.1, -0.05) is 0 Å². The molecule has 3 rings (SSSR count). The summed E-state index contributed by atoms with van der Waals surface area (Å²) < 4.78 is 10.6. The lowest BCUT2D eigenvalue weighted by atomic mass is 10.1. The van der Waals surface area contributed by atoms with Gasteiger partial charge < -0.3 is 25.2 Å². The minimum absolute atomic E-state index is 0.0174. The summed E-state index contributed by atoms with van der Waals surface area (Å²) in [4.78, 5) is 6.02. The monoisotopic (exact) mass is 301 g/mol. The number of nitrogens with zero attached hydrogens (tertiary/aromatic N) is 2. The molecular weight excluding hydrogens is 282 g/mol. The molecule has 2 aromatic rings. The van der Waals surface area contributed by atoms with Crippen LogP contribution in [0.25, 0.3) is 0 Å². The second-order valence-corrected chi connectivity index (χ2v) is 5.23. The molecule has 0 bridgehead atoms. The van der Waals surface area contributed by atoms with Crippen LogP contribution in [-0.4, -0.2) is 24.3 Å². The zero-order valence-corrected chi connectivity index (χ0v) is 12.8. The molecular formula is C16H19N3O3. The third kappa shape index (κ3) is 2.12. The van der Waals surface area contributed by atoms with Gasteiger partial charge in [0.2, 0.25) is 0 Å². The van der Waals surface area contributed by atoms with Gasteiger partial charge in [-0.15, -0.1) is 0 Å². The highest BCUT2D eigenvalue weighted by Gasteiger charge is 2.35. The van der Waals surface area contributed by atoms with Crippen molar-refractivity contribution < 1.29 is 14.6 Å². The summed E-state index contributed by atoms with van der Waals surface area (Å²) in [6, 6.07) is 7.27. The fourth-order valence-corrected chi connectivity index (χ4v) is 2.93. The fraction of sp³-hybridized carbons (Fsp3) is 0.312. The summed E-state index contributed by atoms with van der Waals surface area (Å²) in [5.41, 5.74) is 8.32. The van der Waals surface area contributed by atoms with Crippen molar-refractivity contribution >= 4 is 11.5 Å². The van der Waals surface area contributed by atoms with Crippen LogP contribution in [0.5, 0.6) is 11.5 Å². The van der Waals surface area contributed by atoms with Crippen molar-refractivity contribution in [2.75, 3.05) is 24.9 Å². The Balaban J connectivity index is 2.03. The number of pyridine rings is 1. The number of benzene rings is 1. The average Bonchev–Trinajstić information content (AvgIpc) is 2.77. The third-order valence-electron chi connectivity index (χ3n) is 4.06. The minimum atomic E-state index is -0.770. The number of nitrogen functional groups attached to an aromatic ring is 1. The summed E-state index contributed by atoms with van der Waals surface area (Å²) >= 11 is 0. The van der Waals surface area contributed by atoms with Gasteiger partial charge >= 0.3 is 0 Å². The molecule has 1 aliphatic heterocycles. The van der Waals surface area contributed by atoms with E-state index in [9.17, 15) is 5.11 Å². The van der Waals surface area contributed by atoms with Crippen molar-refractivity contribution in [3.05, 3.63) is 41.6 Å². The molecule has 3 N–H and O–H groups in total. The van der Waals surface area contributed by atoms with Gasteiger partial charge in [-0.2, -0.15) is 0 Å². The first kappa shape index (κ1) is 14.5. The van der Waals surface area contributed by atoms with E-state index in [0.717, 1.165) is 16.8 Å². The van der Waals surface area contributed by atoms with Crippen LogP contribution in [0.4, 0.5) is 11.5 Å². The SMILES string of the molecule is COc1ccc(N2C(C)c3cnc(N)cc3C2O)cc1OC. The molecule has 0 aliphatic carbocycles. The number of fused-ring (bicyclic) bond motifs is 1. The van der Waals surface area contributed by atoms with Gasteiger partial charge in [-0.25, -0.2) is 4.98 Å². The number of hydrogen-bond donors (Lipinski definition) is 2. The third-order valence-corrected chi connectivity index (χ3v) is 4.06. The number of aliphatic hydroxyl groups is 1. The number of hydrogen-bond acceptors (Lipinski definition) is 6. The first-order chi connectivity index (χ1) is 10.6. The van der Waals surface area contributed by atoms with Gasteiger partial charge in [0.1, 0.15) is 5.82 Å². The molecule has 0 spiro atoms. The highest BCUT2D eigenvalue weighted by atomic mass is 16.5. The lowest BCUT2D eigenvalue weighted by molar-refractivity contribution is 0.176. The molecule has 1 aromatic carbocycles. The molecule has 116 valence electrons. The Labute approximate surface area is 129 Å². The summed E-state index contributed by atoms with van der Waals surface area (Å²) in [5, 5.41) is 10.7. The molecule has 1 aromatic heterocycles. The second kappa shape index (κ2) is 5.38. The van der Waals surface area contributed by atoms with Gasteiger partial charge in [-0.3, -0.25) is 0 Å². The van der Waals surface area contributed by atoms with Gasteiger partial charge in [0.25, 0.3) is 0 Å². The van der Waals surface area contributed by atoms with Gasteiger partial charge in [0.05, 0.1) is 20.3 Å². The minimum Gasteiger partial charge on any atom is -0.493 e. The summed E-state index contributed by atoms with van der Waals surface area (Å²) in [7, 11) is 3.18. The Hall–Kier alpha value is -2.47. The van der Waals surface area contributed by atoms with Gasteiger partial charge in [-0.05, 0) is 25.1 Å². The van der Waals surface area contributed by atoms with Crippen LogP contribution in [0, 0.1) is 0 Å². The maximum atomic E-state index is 10.7. The standard InChI is InChI=1S/C16H19N3O3/c1-9-12-8-18-15(17)7-11(12)16(20)19(9)10-4-5-13(21-2)14(6-10)22-3/h4-9,16,20H,1-3H3,(H2,17,18). The van der Waals surface area contributed by atoms with Crippen LogP contribution in [0.2, 0.25) is 0 Å². The quantitative estimate of drug-likeness (QED) is 0.905. The normalized spacial score (nSPS) is 19.9. The molecule has 1 aliphatic rings. The second-order valence-electron chi connectivity index (χ2n) is 5.23. The molecule has 2 heterocycles. The van der Waals surface area contributed by atoms with E-state index in [-0.39, 0.29) is 6.04 Å². The molecule has 0 amide bonds. The van der Waals surface area contributed by atoms with E-state index in [1.165, 1.54) is 0 Å². The molecule has 2 unspecified atom stereocenters. The van der Waals surface area contributed by atoms with Crippen molar-refractivity contribution in [2.45, 2.75) is 19.2 Å². The zero-order chi connectivity index (χ0) is 15.9. The van der Waals surface area contributed by atoms with Crippen LogP contribution >= 0.6 is 0 Å². The zero-order valence-electron chi connectivity index (χ0n) is 12.8. The Morgan fingerprint density at radius 1 is 1.14 bits per heavy atom. The molecule has 0 saturated carbocycles. The summed E-state index contributed by atoms with van der Waals surface area (Å²) in [6.07, 6.45) is 0.952. The lowest BCUT2D eigenvalue weighted by Gasteiger charge is -2.28. The number of anilines is 2. The largest absolute Gasteiger partial charge is 0.493 e. The number of methoxy groups -OCH3 is 2. The van der Waals surface area contributed by atoms with Crippen molar-refractivity contribution in [3.8, 4) is 11.5 Å². The van der Waals surface area contributed by atoms with E-state index in [1.807, 2.05) is 30.0 Å². The summed E-state index contributed by atoms with van der Waals surface area (Å²) in [6.45, 7) is 2.02. The number of aliphatic hydroxyl groups excluding tert-OH is 1. The number of ether oxygens (including phenoxy) is 2. The van der Waals surface area contributed by atoms with Gasteiger partial charge in [0, 0.05) is 29.1 Å². The molecule has 6 nitrogen and oxygen atoms in total. The number of aromatic nitrogens is 1. The molecule has 22 heavy (non-hydrogen) atoms. The maximum Gasteiger partial charge on any atom is 0.162 e. The Bertz CT molecular complexity index is 705.